The largest absolute Gasteiger partial charge is 0.495 e. The van der Waals surface area contributed by atoms with Gasteiger partial charge >= 0.3 is 5.97 Å². The SMILES string of the molecule is COc1ccc(C(=O)O)cc1Nc1nc(-c2sc(N)nc2C)cs1. The number of nitrogens with zero attached hydrogens (tertiary/aromatic N) is 2. The summed E-state index contributed by atoms with van der Waals surface area (Å²) >= 11 is 2.79. The van der Waals surface area contributed by atoms with Crippen LogP contribution in [-0.2, 0) is 0 Å². The first kappa shape index (κ1) is 16.2. The van der Waals surface area contributed by atoms with Gasteiger partial charge in [0.05, 0.1) is 34.6 Å². The minimum absolute atomic E-state index is 0.168. The van der Waals surface area contributed by atoms with Crippen LogP contribution in [0.4, 0.5) is 16.0 Å². The normalized spacial score (nSPS) is 10.6. The molecule has 0 radical (unpaired) electrons. The van der Waals surface area contributed by atoms with E-state index in [1.165, 1.54) is 41.9 Å². The molecule has 1 aromatic carbocycles. The van der Waals surface area contributed by atoms with Crippen LogP contribution in [0, 0.1) is 6.92 Å². The summed E-state index contributed by atoms with van der Waals surface area (Å²) in [6.07, 6.45) is 0. The Morgan fingerprint density at radius 2 is 2.17 bits per heavy atom. The molecule has 3 aromatic rings. The van der Waals surface area contributed by atoms with Crippen molar-refractivity contribution in [3.63, 3.8) is 0 Å². The van der Waals surface area contributed by atoms with E-state index in [1.54, 1.807) is 6.07 Å². The van der Waals surface area contributed by atoms with Crippen LogP contribution in [0.1, 0.15) is 16.1 Å². The second-order valence-corrected chi connectivity index (χ2v) is 6.74. The summed E-state index contributed by atoms with van der Waals surface area (Å²) in [5, 5.41) is 15.3. The molecule has 0 amide bonds. The number of rotatable bonds is 5. The van der Waals surface area contributed by atoms with E-state index in [-0.39, 0.29) is 5.56 Å². The standard InChI is InChI=1S/C15H14N4O3S2/c1-7-12(24-14(16)17-7)10-6-23-15(19-10)18-9-5-8(13(20)21)3-4-11(9)22-2/h3-6H,1-2H3,(H2,16,17)(H,18,19)(H,20,21). The van der Waals surface area contributed by atoms with E-state index >= 15 is 0 Å². The van der Waals surface area contributed by atoms with E-state index in [4.69, 9.17) is 15.6 Å². The lowest BCUT2D eigenvalue weighted by atomic mass is 10.2. The first-order chi connectivity index (χ1) is 11.5. The minimum Gasteiger partial charge on any atom is -0.495 e. The van der Waals surface area contributed by atoms with Gasteiger partial charge in [0.2, 0.25) is 0 Å². The lowest BCUT2D eigenvalue weighted by Crippen LogP contribution is -2.00. The molecule has 0 aliphatic rings. The number of anilines is 3. The number of carbonyl (C=O) groups is 1. The molecule has 0 saturated carbocycles. The summed E-state index contributed by atoms with van der Waals surface area (Å²) in [5.41, 5.74) is 8.05. The van der Waals surface area contributed by atoms with Crippen molar-refractivity contribution >= 4 is 44.6 Å². The molecule has 124 valence electrons. The molecule has 0 bridgehead atoms. The summed E-state index contributed by atoms with van der Waals surface area (Å²) < 4.78 is 5.26. The maximum Gasteiger partial charge on any atom is 0.335 e. The number of benzene rings is 1. The number of thiazole rings is 2. The van der Waals surface area contributed by atoms with Gasteiger partial charge in [0.1, 0.15) is 5.75 Å². The van der Waals surface area contributed by atoms with E-state index in [2.05, 4.69) is 15.3 Å². The third-order valence-electron chi connectivity index (χ3n) is 3.24. The highest BCUT2D eigenvalue weighted by Crippen LogP contribution is 2.35. The van der Waals surface area contributed by atoms with Gasteiger partial charge in [0, 0.05) is 5.38 Å². The molecule has 0 aliphatic carbocycles. The Balaban J connectivity index is 1.91. The predicted octanol–water partition coefficient (Wildman–Crippen LogP) is 3.61. The Kier molecular flexibility index (Phi) is 4.36. The van der Waals surface area contributed by atoms with E-state index in [9.17, 15) is 4.79 Å². The quantitative estimate of drug-likeness (QED) is 0.636. The average molecular weight is 362 g/mol. The van der Waals surface area contributed by atoms with Gasteiger partial charge in [-0.1, -0.05) is 11.3 Å². The van der Waals surface area contributed by atoms with Gasteiger partial charge in [-0.3, -0.25) is 0 Å². The zero-order chi connectivity index (χ0) is 17.3. The monoisotopic (exact) mass is 362 g/mol. The number of ether oxygens (including phenoxy) is 1. The van der Waals surface area contributed by atoms with Crippen molar-refractivity contribution < 1.29 is 14.6 Å². The molecule has 2 aromatic heterocycles. The van der Waals surface area contributed by atoms with Crippen LogP contribution in [0.25, 0.3) is 10.6 Å². The third-order valence-corrected chi connectivity index (χ3v) is 5.00. The van der Waals surface area contributed by atoms with E-state index in [0.717, 1.165) is 16.3 Å². The third kappa shape index (κ3) is 3.17. The van der Waals surface area contributed by atoms with Crippen LogP contribution in [0.15, 0.2) is 23.6 Å². The Labute approximate surface area is 145 Å². The Morgan fingerprint density at radius 3 is 2.79 bits per heavy atom. The summed E-state index contributed by atoms with van der Waals surface area (Å²) in [6.45, 7) is 1.88. The Bertz CT molecular complexity index is 904. The topological polar surface area (TPSA) is 110 Å². The average Bonchev–Trinajstić information content (AvgIpc) is 3.13. The van der Waals surface area contributed by atoms with Gasteiger partial charge in [-0.05, 0) is 25.1 Å². The number of aromatic carboxylic acids is 1. The smallest absolute Gasteiger partial charge is 0.335 e. The van der Waals surface area contributed by atoms with Crippen molar-refractivity contribution in [2.45, 2.75) is 6.92 Å². The van der Waals surface area contributed by atoms with Gasteiger partial charge in [0.15, 0.2) is 10.3 Å². The zero-order valence-electron chi connectivity index (χ0n) is 12.9. The minimum atomic E-state index is -1.00. The van der Waals surface area contributed by atoms with Crippen molar-refractivity contribution in [1.82, 2.24) is 9.97 Å². The van der Waals surface area contributed by atoms with Gasteiger partial charge in [-0.2, -0.15) is 0 Å². The predicted molar refractivity (Wildman–Crippen MR) is 95.6 cm³/mol. The van der Waals surface area contributed by atoms with Crippen molar-refractivity contribution in [2.75, 3.05) is 18.2 Å². The van der Waals surface area contributed by atoms with Crippen molar-refractivity contribution in [1.29, 1.82) is 0 Å². The molecule has 0 spiro atoms. The van der Waals surface area contributed by atoms with Gasteiger partial charge in [-0.15, -0.1) is 11.3 Å². The van der Waals surface area contributed by atoms with Crippen LogP contribution in [0.3, 0.4) is 0 Å². The molecule has 3 rings (SSSR count). The van der Waals surface area contributed by atoms with Crippen LogP contribution in [0.2, 0.25) is 0 Å². The molecular formula is C15H14N4O3S2. The number of methoxy groups -OCH3 is 1. The van der Waals surface area contributed by atoms with Crippen molar-refractivity contribution in [2.24, 2.45) is 0 Å². The highest BCUT2D eigenvalue weighted by atomic mass is 32.1. The molecular weight excluding hydrogens is 348 g/mol. The highest BCUT2D eigenvalue weighted by molar-refractivity contribution is 7.19. The summed E-state index contributed by atoms with van der Waals surface area (Å²) in [6, 6.07) is 4.61. The number of nitrogens with one attached hydrogen (secondary N) is 1. The van der Waals surface area contributed by atoms with Gasteiger partial charge in [0.25, 0.3) is 0 Å². The summed E-state index contributed by atoms with van der Waals surface area (Å²) in [5.74, 6) is -0.466. The molecule has 9 heteroatoms. The fourth-order valence-corrected chi connectivity index (χ4v) is 3.73. The number of carboxylic acids is 1. The first-order valence-electron chi connectivity index (χ1n) is 6.85. The number of nitrogens with two attached hydrogens (primary N) is 1. The molecule has 0 unspecified atom stereocenters. The number of aromatic nitrogens is 2. The lowest BCUT2D eigenvalue weighted by Gasteiger charge is -2.09. The number of aryl methyl sites for hydroxylation is 1. The lowest BCUT2D eigenvalue weighted by molar-refractivity contribution is 0.0697. The molecule has 4 N–H and O–H groups in total. The van der Waals surface area contributed by atoms with Gasteiger partial charge in [-0.25, -0.2) is 14.8 Å². The van der Waals surface area contributed by atoms with Crippen LogP contribution in [-0.4, -0.2) is 28.2 Å². The number of hydrogen-bond donors (Lipinski definition) is 3. The van der Waals surface area contributed by atoms with Crippen LogP contribution < -0.4 is 15.8 Å². The first-order valence-corrected chi connectivity index (χ1v) is 8.54. The molecule has 2 heterocycles. The Hall–Kier alpha value is -2.65. The molecule has 0 fully saturated rings. The molecule has 24 heavy (non-hydrogen) atoms. The number of carboxylic acid groups (broad SMARTS) is 1. The summed E-state index contributed by atoms with van der Waals surface area (Å²) in [4.78, 5) is 20.8. The number of hydrogen-bond acceptors (Lipinski definition) is 8. The fourth-order valence-electron chi connectivity index (χ4n) is 2.14. The van der Waals surface area contributed by atoms with E-state index in [1.807, 2.05) is 12.3 Å². The second kappa shape index (κ2) is 6.46. The Morgan fingerprint density at radius 1 is 1.38 bits per heavy atom. The van der Waals surface area contributed by atoms with E-state index < -0.39 is 5.97 Å². The highest BCUT2D eigenvalue weighted by Gasteiger charge is 2.14. The van der Waals surface area contributed by atoms with Gasteiger partial charge < -0.3 is 20.9 Å². The molecule has 7 nitrogen and oxygen atoms in total. The number of nitrogen functional groups attached to an aromatic ring is 1. The van der Waals surface area contributed by atoms with Crippen LogP contribution in [0.5, 0.6) is 5.75 Å². The molecule has 0 saturated heterocycles. The summed E-state index contributed by atoms with van der Waals surface area (Å²) in [7, 11) is 1.53. The molecule has 0 aliphatic heterocycles. The molecule has 0 atom stereocenters. The zero-order valence-corrected chi connectivity index (χ0v) is 14.5. The maximum atomic E-state index is 11.1. The van der Waals surface area contributed by atoms with Crippen molar-refractivity contribution in [3.05, 3.63) is 34.8 Å². The fraction of sp³-hybridized carbons (Fsp3) is 0.133. The van der Waals surface area contributed by atoms with E-state index in [0.29, 0.717) is 21.7 Å². The van der Waals surface area contributed by atoms with Crippen LogP contribution >= 0.6 is 22.7 Å². The second-order valence-electron chi connectivity index (χ2n) is 4.85. The van der Waals surface area contributed by atoms with Crippen molar-refractivity contribution in [3.8, 4) is 16.3 Å². The maximum absolute atomic E-state index is 11.1.